The Morgan fingerprint density at radius 3 is 2.82 bits per heavy atom. The van der Waals surface area contributed by atoms with Gasteiger partial charge in [0.2, 0.25) is 0 Å². The number of pyridine rings is 1. The predicted molar refractivity (Wildman–Crippen MR) is 43.0 cm³/mol. The Hall–Kier alpha value is -0.870. The van der Waals surface area contributed by atoms with Crippen LogP contribution in [0.1, 0.15) is 0 Å². The van der Waals surface area contributed by atoms with Gasteiger partial charge in [-0.2, -0.15) is 5.53 Å². The molecule has 4 nitrogen and oxygen atoms in total. The van der Waals surface area contributed by atoms with Crippen molar-refractivity contribution in [3.05, 3.63) is 22.4 Å². The second-order valence-corrected chi connectivity index (χ2v) is 2.50. The average molecular weight is 191 g/mol. The SMILES string of the molecule is N=NNc1cnc(Cl)cc1Cl. The molecule has 0 saturated heterocycles. The Labute approximate surface area is 73.0 Å². The normalized spacial score (nSPS) is 9.27. The van der Waals surface area contributed by atoms with Crippen molar-refractivity contribution in [3.8, 4) is 0 Å². The topological polar surface area (TPSA) is 61.1 Å². The molecule has 6 heteroatoms. The average Bonchev–Trinajstić information content (AvgIpc) is 1.95. The van der Waals surface area contributed by atoms with Gasteiger partial charge >= 0.3 is 0 Å². The van der Waals surface area contributed by atoms with E-state index < -0.39 is 0 Å². The molecule has 58 valence electrons. The lowest BCUT2D eigenvalue weighted by Crippen LogP contribution is -1.88. The fourth-order valence-corrected chi connectivity index (χ4v) is 0.958. The molecule has 0 aliphatic rings. The molecule has 1 rings (SSSR count). The summed E-state index contributed by atoms with van der Waals surface area (Å²) >= 11 is 11.2. The van der Waals surface area contributed by atoms with Gasteiger partial charge in [-0.25, -0.2) is 4.98 Å². The molecule has 1 aromatic rings. The lowest BCUT2D eigenvalue weighted by atomic mass is 10.4. The summed E-state index contributed by atoms with van der Waals surface area (Å²) < 4.78 is 0. The zero-order valence-corrected chi connectivity index (χ0v) is 6.82. The molecule has 0 bridgehead atoms. The molecule has 1 aromatic heterocycles. The van der Waals surface area contributed by atoms with Crippen LogP contribution in [0.5, 0.6) is 0 Å². The van der Waals surface area contributed by atoms with E-state index >= 15 is 0 Å². The smallest absolute Gasteiger partial charge is 0.130 e. The summed E-state index contributed by atoms with van der Waals surface area (Å²) in [7, 11) is 0. The predicted octanol–water partition coefficient (Wildman–Crippen LogP) is 2.75. The molecule has 0 atom stereocenters. The highest BCUT2D eigenvalue weighted by Crippen LogP contribution is 2.22. The molecule has 0 spiro atoms. The number of aromatic nitrogens is 1. The van der Waals surface area contributed by atoms with E-state index in [0.717, 1.165) is 0 Å². The lowest BCUT2D eigenvalue weighted by Gasteiger charge is -1.99. The summed E-state index contributed by atoms with van der Waals surface area (Å²) in [5.74, 6) is 0. The van der Waals surface area contributed by atoms with Gasteiger partial charge < -0.3 is 0 Å². The molecule has 0 amide bonds. The van der Waals surface area contributed by atoms with Crippen molar-refractivity contribution in [1.29, 1.82) is 5.53 Å². The Kier molecular flexibility index (Phi) is 2.62. The number of hydrogen-bond acceptors (Lipinski definition) is 3. The third kappa shape index (κ3) is 2.03. The minimum absolute atomic E-state index is 0.311. The number of rotatable bonds is 2. The Morgan fingerprint density at radius 2 is 2.27 bits per heavy atom. The third-order valence-corrected chi connectivity index (χ3v) is 1.52. The summed E-state index contributed by atoms with van der Waals surface area (Å²) in [5.41, 5.74) is 9.29. The minimum Gasteiger partial charge on any atom is -0.257 e. The first-order valence-corrected chi connectivity index (χ1v) is 3.43. The summed E-state index contributed by atoms with van der Waals surface area (Å²) in [4.78, 5) is 3.73. The van der Waals surface area contributed by atoms with Crippen LogP contribution < -0.4 is 5.43 Å². The molecule has 0 aromatic carbocycles. The van der Waals surface area contributed by atoms with Crippen LogP contribution in [0.15, 0.2) is 17.5 Å². The lowest BCUT2D eigenvalue weighted by molar-refractivity contribution is 1.05. The van der Waals surface area contributed by atoms with Crippen LogP contribution in [0.3, 0.4) is 0 Å². The fraction of sp³-hybridized carbons (Fsp3) is 0. The second kappa shape index (κ2) is 3.50. The van der Waals surface area contributed by atoms with Gasteiger partial charge in [0.15, 0.2) is 0 Å². The molecular weight excluding hydrogens is 187 g/mol. The van der Waals surface area contributed by atoms with Crippen LogP contribution >= 0.6 is 23.2 Å². The molecule has 0 aliphatic carbocycles. The maximum absolute atomic E-state index is 6.48. The Balaban J connectivity index is 2.98. The van der Waals surface area contributed by atoms with E-state index in [9.17, 15) is 0 Å². The summed E-state index contributed by atoms with van der Waals surface area (Å²) in [5, 5.41) is 3.63. The van der Waals surface area contributed by atoms with E-state index in [2.05, 4.69) is 15.6 Å². The highest BCUT2D eigenvalue weighted by molar-refractivity contribution is 6.35. The van der Waals surface area contributed by atoms with Crippen LogP contribution in [-0.4, -0.2) is 4.98 Å². The van der Waals surface area contributed by atoms with E-state index in [0.29, 0.717) is 15.9 Å². The van der Waals surface area contributed by atoms with Crippen molar-refractivity contribution in [2.24, 2.45) is 5.22 Å². The molecule has 11 heavy (non-hydrogen) atoms. The molecule has 1 heterocycles. The summed E-state index contributed by atoms with van der Waals surface area (Å²) in [6, 6.07) is 1.47. The second-order valence-electron chi connectivity index (χ2n) is 1.71. The summed E-state index contributed by atoms with van der Waals surface area (Å²) in [6.45, 7) is 0. The molecular formula is C5H4Cl2N4. The molecule has 0 radical (unpaired) electrons. The molecule has 0 saturated carbocycles. The largest absolute Gasteiger partial charge is 0.257 e. The van der Waals surface area contributed by atoms with Gasteiger partial charge in [-0.05, 0) is 6.07 Å². The van der Waals surface area contributed by atoms with Crippen molar-refractivity contribution >= 4 is 28.9 Å². The number of halogens is 2. The quantitative estimate of drug-likeness (QED) is 0.428. The van der Waals surface area contributed by atoms with Gasteiger partial charge in [0.25, 0.3) is 0 Å². The van der Waals surface area contributed by atoms with Crippen LogP contribution in [0.4, 0.5) is 5.69 Å². The zero-order valence-electron chi connectivity index (χ0n) is 5.31. The van der Waals surface area contributed by atoms with Crippen molar-refractivity contribution < 1.29 is 0 Å². The number of nitrogens with one attached hydrogen (secondary N) is 2. The van der Waals surface area contributed by atoms with Gasteiger partial charge in [0, 0.05) is 0 Å². The molecule has 0 aliphatic heterocycles. The van der Waals surface area contributed by atoms with Crippen LogP contribution in [-0.2, 0) is 0 Å². The number of nitrogens with zero attached hydrogens (tertiary/aromatic N) is 2. The number of hydrogen-bond donors (Lipinski definition) is 2. The fourth-order valence-electron chi connectivity index (χ4n) is 0.550. The highest BCUT2D eigenvalue weighted by Gasteiger charge is 1.99. The van der Waals surface area contributed by atoms with Gasteiger partial charge in [-0.1, -0.05) is 28.4 Å². The first kappa shape index (κ1) is 8.23. The number of anilines is 1. The van der Waals surface area contributed by atoms with Gasteiger partial charge in [-0.15, -0.1) is 0 Å². The molecule has 0 unspecified atom stereocenters. The maximum atomic E-state index is 6.48. The first-order valence-electron chi connectivity index (χ1n) is 2.67. The van der Waals surface area contributed by atoms with E-state index in [1.54, 1.807) is 0 Å². The minimum atomic E-state index is 0.311. The van der Waals surface area contributed by atoms with E-state index in [1.165, 1.54) is 12.3 Å². The van der Waals surface area contributed by atoms with Gasteiger partial charge in [-0.3, -0.25) is 5.43 Å². The first-order chi connectivity index (χ1) is 5.24. The van der Waals surface area contributed by atoms with Crippen molar-refractivity contribution in [2.75, 3.05) is 5.43 Å². The standard InChI is InChI=1S/C5H4Cl2N4/c6-3-1-5(7)9-2-4(3)10-11-8/h1-2H,(H2,8,10). The third-order valence-electron chi connectivity index (χ3n) is 0.996. The summed E-state index contributed by atoms with van der Waals surface area (Å²) in [6.07, 6.45) is 1.41. The molecule has 2 N–H and O–H groups in total. The van der Waals surface area contributed by atoms with Crippen LogP contribution in [0.2, 0.25) is 10.2 Å². The highest BCUT2D eigenvalue weighted by atomic mass is 35.5. The van der Waals surface area contributed by atoms with Crippen molar-refractivity contribution in [2.45, 2.75) is 0 Å². The van der Waals surface area contributed by atoms with Crippen LogP contribution in [0.25, 0.3) is 0 Å². The van der Waals surface area contributed by atoms with Crippen molar-refractivity contribution in [3.63, 3.8) is 0 Å². The van der Waals surface area contributed by atoms with E-state index in [-0.39, 0.29) is 0 Å². The van der Waals surface area contributed by atoms with Gasteiger partial charge in [0.05, 0.1) is 16.9 Å². The zero-order chi connectivity index (χ0) is 8.27. The molecule has 0 fully saturated rings. The van der Waals surface area contributed by atoms with E-state index in [1.807, 2.05) is 0 Å². The van der Waals surface area contributed by atoms with E-state index in [4.69, 9.17) is 28.7 Å². The monoisotopic (exact) mass is 190 g/mol. The Morgan fingerprint density at radius 1 is 1.55 bits per heavy atom. The maximum Gasteiger partial charge on any atom is 0.130 e. The Bertz CT molecular complexity index is 275. The van der Waals surface area contributed by atoms with Crippen molar-refractivity contribution in [1.82, 2.24) is 4.98 Å². The van der Waals surface area contributed by atoms with Gasteiger partial charge in [0.1, 0.15) is 5.15 Å². The van der Waals surface area contributed by atoms with Crippen LogP contribution in [0, 0.1) is 5.53 Å².